The summed E-state index contributed by atoms with van der Waals surface area (Å²) in [5.41, 5.74) is 0. The average Bonchev–Trinajstić information content (AvgIpc) is 3.33. The molecule has 9 nitrogen and oxygen atoms in total. The maximum atomic E-state index is 12.8. The maximum Gasteiger partial charge on any atom is 0.472 e. The van der Waals surface area contributed by atoms with E-state index < -0.39 is 26.5 Å². The molecule has 0 aliphatic heterocycles. The lowest BCUT2D eigenvalue weighted by atomic mass is 10.0. The third-order valence-electron chi connectivity index (χ3n) is 12.2. The van der Waals surface area contributed by atoms with E-state index in [1.165, 1.54) is 109 Å². The van der Waals surface area contributed by atoms with E-state index >= 15 is 0 Å². The topological polar surface area (TPSA) is 108 Å². The van der Waals surface area contributed by atoms with Crippen molar-refractivity contribution < 1.29 is 42.1 Å². The van der Waals surface area contributed by atoms with Crippen LogP contribution in [0.5, 0.6) is 0 Å². The zero-order valence-corrected chi connectivity index (χ0v) is 47.3. The fourth-order valence-corrected chi connectivity index (χ4v) is 8.46. The highest BCUT2D eigenvalue weighted by molar-refractivity contribution is 7.47. The van der Waals surface area contributed by atoms with Gasteiger partial charge < -0.3 is 18.9 Å². The van der Waals surface area contributed by atoms with Crippen LogP contribution in [0, 0.1) is 0 Å². The number of phosphoric acid groups is 1. The maximum absolute atomic E-state index is 12.8. The van der Waals surface area contributed by atoms with Gasteiger partial charge in [0.05, 0.1) is 27.7 Å². The van der Waals surface area contributed by atoms with Gasteiger partial charge in [0.1, 0.15) is 19.8 Å². The van der Waals surface area contributed by atoms with Crippen LogP contribution in [0.1, 0.15) is 239 Å². The Balaban J connectivity index is 4.02. The highest BCUT2D eigenvalue weighted by Gasteiger charge is 2.27. The standard InChI is InChI=1S/C61H108NO8P/c1-6-8-10-12-14-16-18-20-21-22-23-24-25-26-27-28-29-30-31-32-33-34-35-36-37-38-39-40-41-42-44-46-48-50-52-54-61(64)70-59(58-69-71(65,66)68-56-55-62(3,4)5)57-67-60(63)53-51-49-47-45-43-19-17-15-13-11-9-7-2/h8,10,14-17,20-21,23-24,26-27,29-30,59H,6-7,9,11-13,18-19,22,25,28,31-58H2,1-5H3/p+1/b10-8-,16-14-,17-15-,21-20-,24-23-,27-26-,30-29-. The second-order valence-electron chi connectivity index (χ2n) is 20.3. The highest BCUT2D eigenvalue weighted by Crippen LogP contribution is 2.43. The summed E-state index contributed by atoms with van der Waals surface area (Å²) in [6, 6.07) is 0. The predicted octanol–water partition coefficient (Wildman–Crippen LogP) is 17.9. The molecule has 0 radical (unpaired) electrons. The molecule has 2 atom stereocenters. The molecular weight excluding hydrogens is 906 g/mol. The molecule has 0 aliphatic rings. The number of esters is 2. The van der Waals surface area contributed by atoms with Gasteiger partial charge in [-0.25, -0.2) is 4.57 Å². The number of carbonyl (C=O) groups is 2. The summed E-state index contributed by atoms with van der Waals surface area (Å²) in [6.07, 6.45) is 69.5. The number of nitrogens with zero attached hydrogens (tertiary/aromatic N) is 1. The first kappa shape index (κ1) is 68.2. The number of phosphoric ester groups is 1. The van der Waals surface area contributed by atoms with E-state index in [1.807, 2.05) is 21.1 Å². The van der Waals surface area contributed by atoms with Gasteiger partial charge in [-0.3, -0.25) is 18.6 Å². The molecule has 71 heavy (non-hydrogen) atoms. The highest BCUT2D eigenvalue weighted by atomic mass is 31.2. The Hall–Kier alpha value is -2.81. The van der Waals surface area contributed by atoms with E-state index in [1.54, 1.807) is 0 Å². The lowest BCUT2D eigenvalue weighted by molar-refractivity contribution is -0.870. The van der Waals surface area contributed by atoms with E-state index in [0.29, 0.717) is 17.4 Å². The molecule has 410 valence electrons. The smallest absolute Gasteiger partial charge is 0.462 e. The minimum Gasteiger partial charge on any atom is -0.462 e. The number of likely N-dealkylation sites (N-methyl/N-ethyl adjacent to an activating group) is 1. The molecule has 0 aromatic rings. The number of ether oxygens (including phenoxy) is 2. The van der Waals surface area contributed by atoms with Crippen molar-refractivity contribution in [2.24, 2.45) is 0 Å². The molecular formula is C61H109NO8P+. The summed E-state index contributed by atoms with van der Waals surface area (Å²) >= 11 is 0. The van der Waals surface area contributed by atoms with Crippen molar-refractivity contribution in [3.8, 4) is 0 Å². The first-order chi connectivity index (χ1) is 34.5. The molecule has 0 rings (SSSR count). The molecule has 1 N–H and O–H groups in total. The molecule has 0 aliphatic carbocycles. The van der Waals surface area contributed by atoms with Crippen LogP contribution in [0.4, 0.5) is 0 Å². The molecule has 0 amide bonds. The molecule has 10 heteroatoms. The Morgan fingerprint density at radius 1 is 0.451 bits per heavy atom. The quantitative estimate of drug-likeness (QED) is 0.0211. The van der Waals surface area contributed by atoms with Crippen molar-refractivity contribution in [2.75, 3.05) is 47.5 Å². The Labute approximate surface area is 437 Å². The number of allylic oxidation sites excluding steroid dienone is 14. The van der Waals surface area contributed by atoms with E-state index in [9.17, 15) is 19.0 Å². The van der Waals surface area contributed by atoms with Crippen LogP contribution < -0.4 is 0 Å². The normalized spacial score (nSPS) is 13.9. The summed E-state index contributed by atoms with van der Waals surface area (Å²) in [4.78, 5) is 35.6. The van der Waals surface area contributed by atoms with Gasteiger partial charge in [0, 0.05) is 12.8 Å². The van der Waals surface area contributed by atoms with Gasteiger partial charge in [0.15, 0.2) is 6.10 Å². The monoisotopic (exact) mass is 1010 g/mol. The third-order valence-corrected chi connectivity index (χ3v) is 13.1. The van der Waals surface area contributed by atoms with Gasteiger partial charge >= 0.3 is 19.8 Å². The fraction of sp³-hybridized carbons (Fsp3) is 0.738. The molecule has 0 bridgehead atoms. The minimum atomic E-state index is -4.38. The molecule has 2 unspecified atom stereocenters. The SMILES string of the molecule is CC/C=C\C/C=C\C/C=C\C/C=C\C/C=C\C/C=C\CCCCCCCCCCCCCCCCCCC(=O)OC(COC(=O)CCCCCCC/C=C\CCCCC)COP(=O)(O)OCC[N+](C)(C)C. The summed E-state index contributed by atoms with van der Waals surface area (Å²) < 4.78 is 34.5. The summed E-state index contributed by atoms with van der Waals surface area (Å²) in [6.45, 7) is 4.28. The number of quaternary nitrogens is 1. The Bertz CT molecular complexity index is 1470. The minimum absolute atomic E-state index is 0.0287. The van der Waals surface area contributed by atoms with E-state index in [-0.39, 0.29) is 32.0 Å². The molecule has 0 saturated heterocycles. The first-order valence-corrected chi connectivity index (χ1v) is 30.3. The fourth-order valence-electron chi connectivity index (χ4n) is 7.72. The van der Waals surface area contributed by atoms with Crippen molar-refractivity contribution in [3.63, 3.8) is 0 Å². The second-order valence-corrected chi connectivity index (χ2v) is 21.7. The van der Waals surface area contributed by atoms with Crippen LogP contribution in [0.2, 0.25) is 0 Å². The average molecular weight is 1020 g/mol. The Kier molecular flexibility index (Phi) is 50.0. The van der Waals surface area contributed by atoms with Crippen molar-refractivity contribution in [1.29, 1.82) is 0 Å². The number of rotatable bonds is 52. The molecule has 0 saturated carbocycles. The zero-order valence-electron chi connectivity index (χ0n) is 46.4. The summed E-state index contributed by atoms with van der Waals surface area (Å²) in [5, 5.41) is 0. The van der Waals surface area contributed by atoms with E-state index in [0.717, 1.165) is 96.3 Å². The Morgan fingerprint density at radius 2 is 0.803 bits per heavy atom. The number of carbonyl (C=O) groups excluding carboxylic acids is 2. The van der Waals surface area contributed by atoms with E-state index in [4.69, 9.17) is 18.5 Å². The zero-order chi connectivity index (χ0) is 52.0. The first-order valence-electron chi connectivity index (χ1n) is 28.8. The van der Waals surface area contributed by atoms with E-state index in [2.05, 4.69) is 98.9 Å². The van der Waals surface area contributed by atoms with Crippen LogP contribution in [-0.4, -0.2) is 74.9 Å². The van der Waals surface area contributed by atoms with Gasteiger partial charge in [-0.2, -0.15) is 0 Å². The van der Waals surface area contributed by atoms with Gasteiger partial charge in [-0.05, 0) is 89.9 Å². The van der Waals surface area contributed by atoms with Crippen LogP contribution >= 0.6 is 7.82 Å². The molecule has 0 fully saturated rings. The van der Waals surface area contributed by atoms with Gasteiger partial charge in [0.2, 0.25) is 0 Å². The number of hydrogen-bond acceptors (Lipinski definition) is 7. The van der Waals surface area contributed by atoms with Crippen molar-refractivity contribution in [2.45, 2.75) is 245 Å². The molecule has 0 spiro atoms. The number of unbranched alkanes of at least 4 members (excludes halogenated alkanes) is 24. The van der Waals surface area contributed by atoms with Crippen LogP contribution in [-0.2, 0) is 32.7 Å². The second kappa shape index (κ2) is 52.1. The molecule has 0 aromatic heterocycles. The summed E-state index contributed by atoms with van der Waals surface area (Å²) in [7, 11) is 1.47. The van der Waals surface area contributed by atoms with Crippen LogP contribution in [0.25, 0.3) is 0 Å². The van der Waals surface area contributed by atoms with Crippen LogP contribution in [0.15, 0.2) is 85.1 Å². The van der Waals surface area contributed by atoms with Crippen molar-refractivity contribution in [1.82, 2.24) is 0 Å². The van der Waals surface area contributed by atoms with Gasteiger partial charge in [0.25, 0.3) is 0 Å². The third kappa shape index (κ3) is 56.3. The van der Waals surface area contributed by atoms with Crippen molar-refractivity contribution >= 4 is 19.8 Å². The largest absolute Gasteiger partial charge is 0.472 e. The predicted molar refractivity (Wildman–Crippen MR) is 302 cm³/mol. The van der Waals surface area contributed by atoms with Crippen molar-refractivity contribution in [3.05, 3.63) is 85.1 Å². The lowest BCUT2D eigenvalue weighted by Crippen LogP contribution is -2.37. The summed E-state index contributed by atoms with van der Waals surface area (Å²) in [5.74, 6) is -0.807. The Morgan fingerprint density at radius 3 is 1.21 bits per heavy atom. The lowest BCUT2D eigenvalue weighted by Gasteiger charge is -2.24. The van der Waals surface area contributed by atoms with Gasteiger partial charge in [-0.15, -0.1) is 0 Å². The van der Waals surface area contributed by atoms with Crippen LogP contribution in [0.3, 0.4) is 0 Å². The van der Waals surface area contributed by atoms with Gasteiger partial charge in [-0.1, -0.05) is 221 Å². The number of hydrogen-bond donors (Lipinski definition) is 1. The molecule has 0 aromatic carbocycles. The molecule has 0 heterocycles.